The minimum atomic E-state index is -0.890. The van der Waals surface area contributed by atoms with Gasteiger partial charge in [-0.1, -0.05) is 37.3 Å². The van der Waals surface area contributed by atoms with Crippen molar-refractivity contribution < 1.29 is 4.74 Å². The van der Waals surface area contributed by atoms with Gasteiger partial charge in [0.1, 0.15) is 4.87 Å². The van der Waals surface area contributed by atoms with Crippen LogP contribution in [-0.4, -0.2) is 36.1 Å². The lowest BCUT2D eigenvalue weighted by atomic mass is 9.89. The maximum Gasteiger partial charge on any atom is 0.150 e. The van der Waals surface area contributed by atoms with Crippen LogP contribution in [0.3, 0.4) is 0 Å². The zero-order chi connectivity index (χ0) is 13.7. The average molecular weight is 279 g/mol. The number of ether oxygens (including phenoxy) is 1. The number of rotatable bonds is 4. The van der Waals surface area contributed by atoms with Gasteiger partial charge in [-0.3, -0.25) is 4.90 Å². The topological polar surface area (TPSA) is 36.3 Å². The molecule has 0 amide bonds. The smallest absolute Gasteiger partial charge is 0.150 e. The minimum Gasteiger partial charge on any atom is -0.379 e. The third-order valence-corrected chi connectivity index (χ3v) is 4.22. The predicted octanol–water partition coefficient (Wildman–Crippen LogP) is 2.97. The molecule has 0 N–H and O–H groups in total. The van der Waals surface area contributed by atoms with Crippen LogP contribution in [0.5, 0.6) is 0 Å². The molecule has 1 saturated heterocycles. The molecule has 0 spiro atoms. The summed E-state index contributed by atoms with van der Waals surface area (Å²) in [6.45, 7) is 4.99. The summed E-state index contributed by atoms with van der Waals surface area (Å²) in [6, 6.07) is 12.3. The van der Waals surface area contributed by atoms with Crippen LogP contribution in [0, 0.1) is 11.3 Å². The van der Waals surface area contributed by atoms with Crippen molar-refractivity contribution in [2.24, 2.45) is 0 Å². The van der Waals surface area contributed by atoms with Gasteiger partial charge in [-0.05, 0) is 12.0 Å². The first-order chi connectivity index (χ1) is 9.21. The van der Waals surface area contributed by atoms with Crippen LogP contribution in [0.1, 0.15) is 24.9 Å². The van der Waals surface area contributed by atoms with Crippen molar-refractivity contribution >= 4 is 11.6 Å². The van der Waals surface area contributed by atoms with E-state index in [1.54, 1.807) is 0 Å². The fourth-order valence-corrected chi connectivity index (χ4v) is 2.83. The summed E-state index contributed by atoms with van der Waals surface area (Å²) in [4.78, 5) is 1.37. The summed E-state index contributed by atoms with van der Waals surface area (Å²) in [7, 11) is 0. The van der Waals surface area contributed by atoms with Gasteiger partial charge in [0.25, 0.3) is 0 Å². The Morgan fingerprint density at radius 2 is 2.00 bits per heavy atom. The molecule has 19 heavy (non-hydrogen) atoms. The standard InChI is InChI=1S/C15H19ClN2O/c1-2-15(16,12-17)14(13-6-4-3-5-7-13)18-8-10-19-11-9-18/h3-7,14H,2,8-11H2,1H3/t14-,15-/m0/s1. The van der Waals surface area contributed by atoms with Gasteiger partial charge in [0.05, 0.1) is 25.3 Å². The number of halogens is 1. The Bertz CT molecular complexity index is 439. The normalized spacial score (nSPS) is 21.3. The molecule has 1 aliphatic heterocycles. The second-order valence-corrected chi connectivity index (χ2v) is 5.46. The first-order valence-corrected chi connectivity index (χ1v) is 7.06. The van der Waals surface area contributed by atoms with E-state index in [9.17, 15) is 5.26 Å². The van der Waals surface area contributed by atoms with Crippen LogP contribution in [-0.2, 0) is 4.74 Å². The lowest BCUT2D eigenvalue weighted by molar-refractivity contribution is 0.0101. The van der Waals surface area contributed by atoms with Gasteiger partial charge in [0.15, 0.2) is 0 Å². The first-order valence-electron chi connectivity index (χ1n) is 6.68. The molecule has 2 rings (SSSR count). The molecule has 0 radical (unpaired) electrons. The molecule has 1 aliphatic rings. The highest BCUT2D eigenvalue weighted by Gasteiger charge is 2.40. The first kappa shape index (κ1) is 14.3. The van der Waals surface area contributed by atoms with E-state index in [-0.39, 0.29) is 6.04 Å². The summed E-state index contributed by atoms with van der Waals surface area (Å²) in [5.41, 5.74) is 1.10. The Kier molecular flexibility index (Phi) is 4.81. The van der Waals surface area contributed by atoms with Gasteiger partial charge in [0, 0.05) is 13.1 Å². The number of alkyl halides is 1. The van der Waals surface area contributed by atoms with Crippen LogP contribution in [0.25, 0.3) is 0 Å². The maximum atomic E-state index is 9.51. The molecule has 1 aromatic rings. The Balaban J connectivity index is 2.36. The third kappa shape index (κ3) is 3.09. The number of nitrogens with zero attached hydrogens (tertiary/aromatic N) is 2. The molecular weight excluding hydrogens is 260 g/mol. The van der Waals surface area contributed by atoms with E-state index >= 15 is 0 Å². The lowest BCUT2D eigenvalue weighted by Crippen LogP contribution is -2.46. The van der Waals surface area contributed by atoms with Crippen molar-refractivity contribution in [3.05, 3.63) is 35.9 Å². The van der Waals surface area contributed by atoms with Gasteiger partial charge in [-0.2, -0.15) is 5.26 Å². The van der Waals surface area contributed by atoms with E-state index in [4.69, 9.17) is 16.3 Å². The lowest BCUT2D eigenvalue weighted by Gasteiger charge is -2.40. The fraction of sp³-hybridized carbons (Fsp3) is 0.533. The zero-order valence-corrected chi connectivity index (χ0v) is 11.9. The number of hydrogen-bond donors (Lipinski definition) is 0. The highest BCUT2D eigenvalue weighted by atomic mass is 35.5. The summed E-state index contributed by atoms with van der Waals surface area (Å²) >= 11 is 6.60. The monoisotopic (exact) mass is 278 g/mol. The summed E-state index contributed by atoms with van der Waals surface area (Å²) in [5.74, 6) is 0. The molecule has 2 atom stereocenters. The maximum absolute atomic E-state index is 9.51. The van der Waals surface area contributed by atoms with Gasteiger partial charge in [-0.15, -0.1) is 11.6 Å². The van der Waals surface area contributed by atoms with Crippen molar-refractivity contribution in [1.29, 1.82) is 5.26 Å². The van der Waals surface area contributed by atoms with Crippen LogP contribution >= 0.6 is 11.6 Å². The summed E-state index contributed by atoms with van der Waals surface area (Å²) in [5, 5.41) is 9.51. The Hall–Kier alpha value is -1.08. The fourth-order valence-electron chi connectivity index (χ4n) is 2.57. The van der Waals surface area contributed by atoms with E-state index in [1.165, 1.54) is 0 Å². The van der Waals surface area contributed by atoms with Gasteiger partial charge >= 0.3 is 0 Å². The minimum absolute atomic E-state index is 0.0886. The average Bonchev–Trinajstić information content (AvgIpc) is 2.49. The number of morpholine rings is 1. The predicted molar refractivity (Wildman–Crippen MR) is 76.1 cm³/mol. The van der Waals surface area contributed by atoms with E-state index < -0.39 is 4.87 Å². The Labute approximate surface area is 119 Å². The molecular formula is C15H19ClN2O. The van der Waals surface area contributed by atoms with Crippen molar-refractivity contribution in [1.82, 2.24) is 4.90 Å². The molecule has 0 saturated carbocycles. The molecule has 0 aliphatic carbocycles. The molecule has 0 aromatic heterocycles. The number of hydrogen-bond acceptors (Lipinski definition) is 3. The van der Waals surface area contributed by atoms with E-state index in [0.717, 1.165) is 18.7 Å². The number of benzene rings is 1. The van der Waals surface area contributed by atoms with Crippen LogP contribution in [0.2, 0.25) is 0 Å². The molecule has 0 bridgehead atoms. The van der Waals surface area contributed by atoms with Crippen molar-refractivity contribution in [2.75, 3.05) is 26.3 Å². The van der Waals surface area contributed by atoms with Crippen molar-refractivity contribution in [3.8, 4) is 6.07 Å². The molecule has 1 fully saturated rings. The second kappa shape index (κ2) is 6.38. The highest BCUT2D eigenvalue weighted by molar-refractivity contribution is 6.26. The second-order valence-electron chi connectivity index (χ2n) is 4.79. The third-order valence-electron chi connectivity index (χ3n) is 3.66. The van der Waals surface area contributed by atoms with Crippen LogP contribution in [0.4, 0.5) is 0 Å². The largest absolute Gasteiger partial charge is 0.379 e. The van der Waals surface area contributed by atoms with Gasteiger partial charge in [-0.25, -0.2) is 0 Å². The Morgan fingerprint density at radius 1 is 1.37 bits per heavy atom. The van der Waals surface area contributed by atoms with Gasteiger partial charge < -0.3 is 4.74 Å². The zero-order valence-electron chi connectivity index (χ0n) is 11.2. The highest BCUT2D eigenvalue weighted by Crippen LogP contribution is 2.39. The number of nitriles is 1. The molecule has 0 unspecified atom stereocenters. The van der Waals surface area contributed by atoms with Crippen LogP contribution < -0.4 is 0 Å². The molecule has 102 valence electrons. The quantitative estimate of drug-likeness (QED) is 0.795. The van der Waals surface area contributed by atoms with E-state index in [0.29, 0.717) is 19.6 Å². The summed E-state index contributed by atoms with van der Waals surface area (Å²) in [6.07, 6.45) is 0.613. The molecule has 1 heterocycles. The van der Waals surface area contributed by atoms with Crippen molar-refractivity contribution in [2.45, 2.75) is 24.3 Å². The van der Waals surface area contributed by atoms with Crippen LogP contribution in [0.15, 0.2) is 30.3 Å². The summed E-state index contributed by atoms with van der Waals surface area (Å²) < 4.78 is 5.40. The molecule has 1 aromatic carbocycles. The van der Waals surface area contributed by atoms with E-state index in [1.807, 2.05) is 37.3 Å². The Morgan fingerprint density at radius 3 is 2.53 bits per heavy atom. The molecule has 4 heteroatoms. The van der Waals surface area contributed by atoms with Crippen molar-refractivity contribution in [3.63, 3.8) is 0 Å². The SMILES string of the molecule is CC[C@](Cl)(C#N)[C@H](c1ccccc1)N1CCOCC1. The van der Waals surface area contributed by atoms with Gasteiger partial charge in [0.2, 0.25) is 0 Å². The molecule has 3 nitrogen and oxygen atoms in total. The van der Waals surface area contributed by atoms with E-state index in [2.05, 4.69) is 11.0 Å².